The molecule has 76 valence electrons. The third-order valence-corrected chi connectivity index (χ3v) is 3.25. The second kappa shape index (κ2) is 3.52. The second-order valence-corrected chi connectivity index (χ2v) is 4.35. The monoisotopic (exact) mass is 192 g/mol. The fraction of sp³-hybridized carbons (Fsp3) is 0.667. The van der Waals surface area contributed by atoms with Crippen molar-refractivity contribution in [2.45, 2.75) is 50.1 Å². The van der Waals surface area contributed by atoms with Crippen LogP contribution in [0.4, 0.5) is 0 Å². The molecule has 2 heteroatoms. The third kappa shape index (κ3) is 1.64. The summed E-state index contributed by atoms with van der Waals surface area (Å²) in [5, 5.41) is 0. The van der Waals surface area contributed by atoms with Crippen LogP contribution in [0.1, 0.15) is 25.7 Å². The van der Waals surface area contributed by atoms with Gasteiger partial charge in [0.15, 0.2) is 0 Å². The first-order chi connectivity index (χ1) is 6.90. The number of hydrogen-bond donors (Lipinski definition) is 0. The molecule has 0 saturated carbocycles. The largest absolute Gasteiger partial charge is 0.367 e. The van der Waals surface area contributed by atoms with Gasteiger partial charge >= 0.3 is 0 Å². The van der Waals surface area contributed by atoms with Crippen LogP contribution in [0, 0.1) is 0 Å². The Hall–Kier alpha value is -0.600. The van der Waals surface area contributed by atoms with Crippen LogP contribution < -0.4 is 0 Å². The SMILES string of the molecule is C1=CC2CCC1O2.C1=CC2CCC1O2. The molecule has 0 aliphatic carbocycles. The number of hydrogen-bond acceptors (Lipinski definition) is 2. The van der Waals surface area contributed by atoms with E-state index < -0.39 is 0 Å². The van der Waals surface area contributed by atoms with E-state index in [1.54, 1.807) is 0 Å². The van der Waals surface area contributed by atoms with Gasteiger partial charge in [-0.3, -0.25) is 0 Å². The molecule has 4 aliphatic rings. The van der Waals surface area contributed by atoms with E-state index in [1.807, 2.05) is 0 Å². The molecule has 0 amide bonds. The molecule has 4 heterocycles. The molecule has 0 aromatic heterocycles. The highest BCUT2D eigenvalue weighted by Gasteiger charge is 2.26. The van der Waals surface area contributed by atoms with Gasteiger partial charge in [-0.25, -0.2) is 0 Å². The van der Waals surface area contributed by atoms with E-state index in [4.69, 9.17) is 9.47 Å². The summed E-state index contributed by atoms with van der Waals surface area (Å²) in [7, 11) is 0. The van der Waals surface area contributed by atoms with Gasteiger partial charge in [-0.15, -0.1) is 0 Å². The molecule has 0 radical (unpaired) electrons. The molecule has 4 atom stereocenters. The smallest absolute Gasteiger partial charge is 0.0765 e. The maximum absolute atomic E-state index is 5.36. The van der Waals surface area contributed by atoms with Crippen LogP contribution in [-0.2, 0) is 9.47 Å². The Kier molecular flexibility index (Phi) is 2.18. The van der Waals surface area contributed by atoms with Crippen molar-refractivity contribution in [2.24, 2.45) is 0 Å². The summed E-state index contributed by atoms with van der Waals surface area (Å²) >= 11 is 0. The zero-order valence-electron chi connectivity index (χ0n) is 8.26. The first-order valence-corrected chi connectivity index (χ1v) is 5.58. The minimum absolute atomic E-state index is 0.491. The van der Waals surface area contributed by atoms with Crippen LogP contribution in [0.25, 0.3) is 0 Å². The van der Waals surface area contributed by atoms with E-state index in [-0.39, 0.29) is 0 Å². The summed E-state index contributed by atoms with van der Waals surface area (Å²) in [6.07, 6.45) is 15.6. The Morgan fingerprint density at radius 2 is 0.857 bits per heavy atom. The predicted octanol–water partition coefficient (Wildman–Crippen LogP) is 2.21. The van der Waals surface area contributed by atoms with E-state index in [9.17, 15) is 0 Å². The minimum Gasteiger partial charge on any atom is -0.367 e. The Labute approximate surface area is 84.6 Å². The van der Waals surface area contributed by atoms with Crippen LogP contribution in [-0.4, -0.2) is 24.4 Å². The quantitative estimate of drug-likeness (QED) is 0.548. The summed E-state index contributed by atoms with van der Waals surface area (Å²) in [4.78, 5) is 0. The van der Waals surface area contributed by atoms with Crippen LogP contribution in [0.5, 0.6) is 0 Å². The predicted molar refractivity (Wildman–Crippen MR) is 54.1 cm³/mol. The van der Waals surface area contributed by atoms with Crippen molar-refractivity contribution in [3.63, 3.8) is 0 Å². The highest BCUT2D eigenvalue weighted by atomic mass is 16.5. The first-order valence-electron chi connectivity index (χ1n) is 5.58. The fourth-order valence-electron chi connectivity index (χ4n) is 2.44. The molecule has 2 nitrogen and oxygen atoms in total. The van der Waals surface area contributed by atoms with Gasteiger partial charge in [0, 0.05) is 0 Å². The Morgan fingerprint density at radius 1 is 0.571 bits per heavy atom. The normalized spacial score (nSPS) is 45.7. The van der Waals surface area contributed by atoms with Gasteiger partial charge in [0.25, 0.3) is 0 Å². The second-order valence-electron chi connectivity index (χ2n) is 4.35. The molecular formula is C12H16O2. The van der Waals surface area contributed by atoms with E-state index in [1.165, 1.54) is 25.7 Å². The highest BCUT2D eigenvalue weighted by Crippen LogP contribution is 2.27. The van der Waals surface area contributed by atoms with Crippen LogP contribution >= 0.6 is 0 Å². The topological polar surface area (TPSA) is 18.5 Å². The molecule has 4 rings (SSSR count). The van der Waals surface area contributed by atoms with Crippen molar-refractivity contribution in [1.29, 1.82) is 0 Å². The molecule has 14 heavy (non-hydrogen) atoms. The van der Waals surface area contributed by atoms with Crippen molar-refractivity contribution in [3.05, 3.63) is 24.3 Å². The number of rotatable bonds is 0. The van der Waals surface area contributed by atoms with Crippen molar-refractivity contribution in [2.75, 3.05) is 0 Å². The lowest BCUT2D eigenvalue weighted by Crippen LogP contribution is -1.95. The minimum atomic E-state index is 0.491. The van der Waals surface area contributed by atoms with Gasteiger partial charge in [-0.05, 0) is 25.7 Å². The van der Waals surface area contributed by atoms with Gasteiger partial charge in [0.1, 0.15) is 0 Å². The Bertz CT molecular complexity index is 217. The average molecular weight is 192 g/mol. The van der Waals surface area contributed by atoms with E-state index >= 15 is 0 Å². The molecule has 4 bridgehead atoms. The molecule has 4 aliphatic heterocycles. The van der Waals surface area contributed by atoms with Crippen LogP contribution in [0.15, 0.2) is 24.3 Å². The summed E-state index contributed by atoms with van der Waals surface area (Å²) in [6.45, 7) is 0. The lowest BCUT2D eigenvalue weighted by molar-refractivity contribution is 0.120. The van der Waals surface area contributed by atoms with Crippen LogP contribution in [0.2, 0.25) is 0 Å². The van der Waals surface area contributed by atoms with Gasteiger partial charge in [-0.2, -0.15) is 0 Å². The zero-order chi connectivity index (χ0) is 9.38. The Balaban J connectivity index is 0.0000000914. The summed E-state index contributed by atoms with van der Waals surface area (Å²) in [5.74, 6) is 0. The van der Waals surface area contributed by atoms with E-state index in [2.05, 4.69) is 24.3 Å². The lowest BCUT2D eigenvalue weighted by atomic mass is 10.1. The van der Waals surface area contributed by atoms with Crippen molar-refractivity contribution < 1.29 is 9.47 Å². The summed E-state index contributed by atoms with van der Waals surface area (Å²) < 4.78 is 10.7. The van der Waals surface area contributed by atoms with E-state index in [0.29, 0.717) is 24.4 Å². The molecule has 0 spiro atoms. The van der Waals surface area contributed by atoms with Crippen molar-refractivity contribution >= 4 is 0 Å². The van der Waals surface area contributed by atoms with Crippen molar-refractivity contribution in [1.82, 2.24) is 0 Å². The van der Waals surface area contributed by atoms with Gasteiger partial charge < -0.3 is 9.47 Å². The van der Waals surface area contributed by atoms with Gasteiger partial charge in [-0.1, -0.05) is 24.3 Å². The van der Waals surface area contributed by atoms with Gasteiger partial charge in [0.05, 0.1) is 24.4 Å². The molecule has 0 aromatic carbocycles. The first kappa shape index (κ1) is 8.69. The average Bonchev–Trinajstić information content (AvgIpc) is 3.01. The summed E-state index contributed by atoms with van der Waals surface area (Å²) in [5.41, 5.74) is 0. The molecule has 2 saturated heterocycles. The molecule has 2 fully saturated rings. The third-order valence-electron chi connectivity index (χ3n) is 3.25. The zero-order valence-corrected chi connectivity index (χ0v) is 8.26. The molecular weight excluding hydrogens is 176 g/mol. The molecule has 4 unspecified atom stereocenters. The number of fused-ring (bicyclic) bond motifs is 4. The molecule has 0 aromatic rings. The van der Waals surface area contributed by atoms with Crippen LogP contribution in [0.3, 0.4) is 0 Å². The maximum atomic E-state index is 5.36. The Morgan fingerprint density at radius 3 is 0.929 bits per heavy atom. The highest BCUT2D eigenvalue weighted by molar-refractivity contribution is 5.07. The summed E-state index contributed by atoms with van der Waals surface area (Å²) in [6, 6.07) is 0. The standard InChI is InChI=1S/2C6H8O/c2*1-2-6-4-3-5(1)7-6/h2*1-2,5-6H,3-4H2. The van der Waals surface area contributed by atoms with Crippen molar-refractivity contribution in [3.8, 4) is 0 Å². The molecule has 0 N–H and O–H groups in total. The van der Waals surface area contributed by atoms with Gasteiger partial charge in [0.2, 0.25) is 0 Å². The fourth-order valence-corrected chi connectivity index (χ4v) is 2.44. The maximum Gasteiger partial charge on any atom is 0.0765 e. The van der Waals surface area contributed by atoms with E-state index in [0.717, 1.165) is 0 Å². The number of ether oxygens (including phenoxy) is 2. The lowest BCUT2D eigenvalue weighted by Gasteiger charge is -1.93.